The predicted molar refractivity (Wildman–Crippen MR) is 184 cm³/mol. The van der Waals surface area contributed by atoms with Gasteiger partial charge in [-0.05, 0) is 82.3 Å². The van der Waals surface area contributed by atoms with E-state index >= 15 is 0 Å². The molecular weight excluding hydrogens is 627 g/mol. The van der Waals surface area contributed by atoms with Gasteiger partial charge in [-0.1, -0.05) is 56.8 Å². The molecule has 4 rings (SSSR count). The summed E-state index contributed by atoms with van der Waals surface area (Å²) in [4.78, 5) is 42.7. The van der Waals surface area contributed by atoms with Gasteiger partial charge in [-0.15, -0.1) is 0 Å². The molecular formula is C34H46Cl2N6O4. The Hall–Kier alpha value is -3.18. The highest BCUT2D eigenvalue weighted by atomic mass is 35.5. The number of carbonyl (C=O) groups excluding carboxylic acids is 2. The SMILES string of the molecule is CO/N=C/C(N)O/N=C(\CN(C)C(=O)c1cc(C)cc(C)c1)C(CCN1CCC(N2CCCCC2=O)CC1)c1ccc(Cl)c(Cl)c1. The number of oxime groups is 2. The Bertz CT molecular complexity index is 1390. The molecule has 0 saturated carbocycles. The Balaban J connectivity index is 1.57. The molecule has 2 aromatic rings. The van der Waals surface area contributed by atoms with Crippen molar-refractivity contribution in [2.75, 3.05) is 46.9 Å². The van der Waals surface area contributed by atoms with Gasteiger partial charge >= 0.3 is 0 Å². The van der Waals surface area contributed by atoms with Crippen LogP contribution in [-0.4, -0.2) is 97.6 Å². The normalized spacial score (nSPS) is 18.1. The summed E-state index contributed by atoms with van der Waals surface area (Å²) in [6, 6.07) is 11.7. The first-order chi connectivity index (χ1) is 22.0. The Morgan fingerprint density at radius 2 is 1.80 bits per heavy atom. The van der Waals surface area contributed by atoms with E-state index in [4.69, 9.17) is 38.6 Å². The highest BCUT2D eigenvalue weighted by Crippen LogP contribution is 2.31. The molecule has 2 amide bonds. The van der Waals surface area contributed by atoms with Gasteiger partial charge < -0.3 is 24.4 Å². The molecule has 2 aliphatic rings. The van der Waals surface area contributed by atoms with Crippen LogP contribution < -0.4 is 5.73 Å². The van der Waals surface area contributed by atoms with Gasteiger partial charge in [-0.3, -0.25) is 15.3 Å². The molecule has 0 radical (unpaired) electrons. The van der Waals surface area contributed by atoms with Gasteiger partial charge in [0, 0.05) is 50.6 Å². The molecule has 0 spiro atoms. The van der Waals surface area contributed by atoms with Crippen LogP contribution in [0.3, 0.4) is 0 Å². The van der Waals surface area contributed by atoms with Gasteiger partial charge in [-0.25, -0.2) is 0 Å². The van der Waals surface area contributed by atoms with Crippen molar-refractivity contribution < 1.29 is 19.3 Å². The number of rotatable bonds is 13. The molecule has 2 heterocycles. The average Bonchev–Trinajstić information content (AvgIpc) is 3.03. The van der Waals surface area contributed by atoms with Crippen molar-refractivity contribution >= 4 is 46.9 Å². The number of benzene rings is 2. The molecule has 46 heavy (non-hydrogen) atoms. The van der Waals surface area contributed by atoms with E-state index < -0.39 is 6.23 Å². The van der Waals surface area contributed by atoms with E-state index in [9.17, 15) is 9.59 Å². The minimum absolute atomic E-state index is 0.132. The number of carbonyl (C=O) groups is 2. The summed E-state index contributed by atoms with van der Waals surface area (Å²) in [5.74, 6) is -0.109. The van der Waals surface area contributed by atoms with Crippen LogP contribution in [0.4, 0.5) is 0 Å². The standard InChI is InChI=1S/C34H46Cl2N6O4/c1-23-17-24(2)19-26(18-23)34(44)40(3)22-31(39-46-32(37)21-38-45-4)28(25-8-9-29(35)30(36)20-25)12-16-41-14-10-27(11-15-41)42-13-6-5-7-33(42)43/h8-9,17-21,27-28,32H,5-7,10-16,22,37H2,1-4H3/b38-21+,39-31+. The lowest BCUT2D eigenvalue weighted by Crippen LogP contribution is -2.49. The van der Waals surface area contributed by atoms with Crippen molar-refractivity contribution in [1.29, 1.82) is 0 Å². The molecule has 250 valence electrons. The zero-order valence-corrected chi connectivity index (χ0v) is 28.8. The van der Waals surface area contributed by atoms with Crippen molar-refractivity contribution in [1.82, 2.24) is 14.7 Å². The van der Waals surface area contributed by atoms with Crippen molar-refractivity contribution in [2.45, 2.75) is 70.6 Å². The molecule has 2 unspecified atom stereocenters. The number of likely N-dealkylation sites (tertiary alicyclic amines) is 2. The maximum absolute atomic E-state index is 13.6. The Morgan fingerprint density at radius 3 is 2.46 bits per heavy atom. The highest BCUT2D eigenvalue weighted by molar-refractivity contribution is 6.42. The first-order valence-corrected chi connectivity index (χ1v) is 16.7. The lowest BCUT2D eigenvalue weighted by Gasteiger charge is -2.40. The van der Waals surface area contributed by atoms with Crippen LogP contribution in [0.15, 0.2) is 46.7 Å². The molecule has 2 aliphatic heterocycles. The van der Waals surface area contributed by atoms with Gasteiger partial charge in [-0.2, -0.15) is 0 Å². The third-order valence-corrected chi connectivity index (χ3v) is 9.40. The monoisotopic (exact) mass is 672 g/mol. The zero-order valence-electron chi connectivity index (χ0n) is 27.3. The van der Waals surface area contributed by atoms with E-state index in [2.05, 4.69) is 20.1 Å². The summed E-state index contributed by atoms with van der Waals surface area (Å²) in [5.41, 5.74) is 10.2. The molecule has 2 aromatic carbocycles. The Morgan fingerprint density at radius 1 is 1.09 bits per heavy atom. The predicted octanol–water partition coefficient (Wildman–Crippen LogP) is 5.62. The summed E-state index contributed by atoms with van der Waals surface area (Å²) in [5, 5.41) is 9.09. The van der Waals surface area contributed by atoms with E-state index in [1.165, 1.54) is 13.3 Å². The molecule has 12 heteroatoms. The summed E-state index contributed by atoms with van der Waals surface area (Å²) in [7, 11) is 3.17. The van der Waals surface area contributed by atoms with Crippen LogP contribution >= 0.6 is 23.2 Å². The zero-order chi connectivity index (χ0) is 33.2. The molecule has 0 aliphatic carbocycles. The van der Waals surface area contributed by atoms with Crippen molar-refractivity contribution in [3.05, 3.63) is 68.7 Å². The van der Waals surface area contributed by atoms with Crippen molar-refractivity contribution in [2.24, 2.45) is 16.0 Å². The van der Waals surface area contributed by atoms with Crippen LogP contribution in [0.5, 0.6) is 0 Å². The Labute approximate surface area is 282 Å². The second-order valence-corrected chi connectivity index (χ2v) is 13.1. The largest absolute Gasteiger partial charge is 0.399 e. The van der Waals surface area contributed by atoms with Gasteiger partial charge in [0.2, 0.25) is 12.1 Å². The lowest BCUT2D eigenvalue weighted by molar-refractivity contribution is -0.136. The molecule has 0 aromatic heterocycles. The molecule has 2 atom stereocenters. The maximum atomic E-state index is 13.6. The molecule has 10 nitrogen and oxygen atoms in total. The topological polar surface area (TPSA) is 113 Å². The van der Waals surface area contributed by atoms with Gasteiger partial charge in [0.1, 0.15) is 13.3 Å². The second kappa shape index (κ2) is 17.1. The number of halogens is 2. The highest BCUT2D eigenvalue weighted by Gasteiger charge is 2.30. The first-order valence-electron chi connectivity index (χ1n) is 15.9. The van der Waals surface area contributed by atoms with Crippen LogP contribution in [-0.2, 0) is 14.5 Å². The smallest absolute Gasteiger partial charge is 0.253 e. The number of hydrogen-bond donors (Lipinski definition) is 1. The van der Waals surface area contributed by atoms with Gasteiger partial charge in [0.25, 0.3) is 5.91 Å². The van der Waals surface area contributed by atoms with E-state index in [0.717, 1.165) is 68.6 Å². The molecule has 2 saturated heterocycles. The van der Waals surface area contributed by atoms with Crippen LogP contribution in [0.2, 0.25) is 10.0 Å². The number of hydrogen-bond acceptors (Lipinski definition) is 8. The number of amides is 2. The summed E-state index contributed by atoms with van der Waals surface area (Å²) >= 11 is 12.8. The lowest BCUT2D eigenvalue weighted by atomic mass is 9.89. The average molecular weight is 674 g/mol. The number of nitrogens with two attached hydrogens (primary N) is 1. The fourth-order valence-electron chi connectivity index (χ4n) is 6.35. The van der Waals surface area contributed by atoms with E-state index in [1.54, 1.807) is 18.0 Å². The van der Waals surface area contributed by atoms with E-state index in [-0.39, 0.29) is 18.4 Å². The minimum Gasteiger partial charge on any atom is -0.399 e. The summed E-state index contributed by atoms with van der Waals surface area (Å²) < 4.78 is 0. The maximum Gasteiger partial charge on any atom is 0.253 e. The third kappa shape index (κ3) is 9.91. The summed E-state index contributed by atoms with van der Waals surface area (Å²) in [6.45, 7) is 7.57. The number of nitrogens with zero attached hydrogens (tertiary/aromatic N) is 5. The van der Waals surface area contributed by atoms with Crippen molar-refractivity contribution in [3.8, 4) is 0 Å². The fourth-order valence-corrected chi connectivity index (χ4v) is 6.65. The van der Waals surface area contributed by atoms with E-state index in [1.807, 2.05) is 44.2 Å². The van der Waals surface area contributed by atoms with Crippen LogP contribution in [0, 0.1) is 13.8 Å². The van der Waals surface area contributed by atoms with Gasteiger partial charge in [0.05, 0.1) is 22.3 Å². The quantitative estimate of drug-likeness (QED) is 0.168. The fraction of sp³-hybridized carbons (Fsp3) is 0.529. The second-order valence-electron chi connectivity index (χ2n) is 12.3. The third-order valence-electron chi connectivity index (χ3n) is 8.66. The number of aryl methyl sites for hydroxylation is 2. The van der Waals surface area contributed by atoms with E-state index in [0.29, 0.717) is 46.1 Å². The summed E-state index contributed by atoms with van der Waals surface area (Å²) in [6.07, 6.45) is 5.67. The Kier molecular flexibility index (Phi) is 13.3. The van der Waals surface area contributed by atoms with Crippen LogP contribution in [0.1, 0.15) is 71.5 Å². The number of piperidine rings is 2. The van der Waals surface area contributed by atoms with Crippen LogP contribution in [0.25, 0.3) is 0 Å². The molecule has 2 N–H and O–H groups in total. The van der Waals surface area contributed by atoms with Gasteiger partial charge in [0.15, 0.2) is 0 Å². The minimum atomic E-state index is -0.957. The molecule has 0 bridgehead atoms. The first kappa shape index (κ1) is 35.7. The van der Waals surface area contributed by atoms with Crippen molar-refractivity contribution in [3.63, 3.8) is 0 Å². The molecule has 2 fully saturated rings.